The molecule has 2 aromatic carbocycles. The van der Waals surface area contributed by atoms with Gasteiger partial charge >= 0.3 is 0 Å². The molecule has 0 spiro atoms. The minimum atomic E-state index is -1.06. The molecule has 0 aliphatic rings. The SMILES string of the molecule is OC(c1cc2ccc(F)cc2s1)c1cc(Br)ccc1F. The Morgan fingerprint density at radius 3 is 2.65 bits per heavy atom. The fraction of sp³-hybridized carbons (Fsp3) is 0.0667. The van der Waals surface area contributed by atoms with Crippen molar-refractivity contribution in [3.05, 3.63) is 69.0 Å². The molecule has 102 valence electrons. The zero-order valence-electron chi connectivity index (χ0n) is 10.1. The first-order chi connectivity index (χ1) is 9.54. The van der Waals surface area contributed by atoms with Crippen molar-refractivity contribution in [1.82, 2.24) is 0 Å². The maximum atomic E-state index is 13.8. The topological polar surface area (TPSA) is 20.2 Å². The molecule has 3 aromatic rings. The number of rotatable bonds is 2. The van der Waals surface area contributed by atoms with Crippen molar-refractivity contribution in [2.45, 2.75) is 6.10 Å². The lowest BCUT2D eigenvalue weighted by atomic mass is 10.1. The highest BCUT2D eigenvalue weighted by Crippen LogP contribution is 2.35. The third-order valence-electron chi connectivity index (χ3n) is 3.02. The minimum Gasteiger partial charge on any atom is -0.383 e. The molecule has 1 atom stereocenters. The second-order valence-electron chi connectivity index (χ2n) is 4.40. The van der Waals surface area contributed by atoms with E-state index in [9.17, 15) is 13.9 Å². The first-order valence-corrected chi connectivity index (χ1v) is 7.47. The van der Waals surface area contributed by atoms with Gasteiger partial charge in [0, 0.05) is 19.6 Å². The summed E-state index contributed by atoms with van der Waals surface area (Å²) in [6.45, 7) is 0. The van der Waals surface area contributed by atoms with Crippen molar-refractivity contribution in [1.29, 1.82) is 0 Å². The molecule has 0 saturated carbocycles. The summed E-state index contributed by atoms with van der Waals surface area (Å²) in [5.74, 6) is -0.793. The Morgan fingerprint density at radius 2 is 1.85 bits per heavy atom. The molecular formula is C15H9BrF2OS. The van der Waals surface area contributed by atoms with E-state index in [1.54, 1.807) is 24.3 Å². The Morgan fingerprint density at radius 1 is 1.05 bits per heavy atom. The van der Waals surface area contributed by atoms with Gasteiger partial charge in [0.2, 0.25) is 0 Å². The molecule has 1 aromatic heterocycles. The van der Waals surface area contributed by atoms with Crippen molar-refractivity contribution in [3.8, 4) is 0 Å². The number of fused-ring (bicyclic) bond motifs is 1. The number of hydrogen-bond donors (Lipinski definition) is 1. The van der Waals surface area contributed by atoms with Gasteiger partial charge in [-0.25, -0.2) is 8.78 Å². The van der Waals surface area contributed by atoms with Gasteiger partial charge in [0.15, 0.2) is 0 Å². The molecule has 20 heavy (non-hydrogen) atoms. The lowest BCUT2D eigenvalue weighted by molar-refractivity contribution is 0.219. The van der Waals surface area contributed by atoms with Crippen LogP contribution < -0.4 is 0 Å². The third-order valence-corrected chi connectivity index (χ3v) is 4.67. The quantitative estimate of drug-likeness (QED) is 0.684. The van der Waals surface area contributed by atoms with Gasteiger partial charge in [-0.15, -0.1) is 11.3 Å². The van der Waals surface area contributed by atoms with Crippen LogP contribution in [0.2, 0.25) is 0 Å². The summed E-state index contributed by atoms with van der Waals surface area (Å²) in [6, 6.07) is 10.6. The van der Waals surface area contributed by atoms with E-state index < -0.39 is 11.9 Å². The van der Waals surface area contributed by atoms with E-state index in [4.69, 9.17) is 0 Å². The Bertz CT molecular complexity index is 785. The number of aliphatic hydroxyl groups excluding tert-OH is 1. The summed E-state index contributed by atoms with van der Waals surface area (Å²) in [7, 11) is 0. The lowest BCUT2D eigenvalue weighted by Crippen LogP contribution is -2.00. The van der Waals surface area contributed by atoms with Crippen LogP contribution in [0.1, 0.15) is 16.5 Å². The molecule has 3 rings (SSSR count). The van der Waals surface area contributed by atoms with Crippen molar-refractivity contribution in [2.24, 2.45) is 0 Å². The maximum absolute atomic E-state index is 13.8. The molecule has 0 aliphatic heterocycles. The van der Waals surface area contributed by atoms with Gasteiger partial charge in [-0.1, -0.05) is 22.0 Å². The Hall–Kier alpha value is -1.30. The van der Waals surface area contributed by atoms with Crippen LogP contribution in [0.15, 0.2) is 46.9 Å². The molecule has 0 bridgehead atoms. The van der Waals surface area contributed by atoms with Crippen LogP contribution in [0.25, 0.3) is 10.1 Å². The summed E-state index contributed by atoms with van der Waals surface area (Å²) in [5, 5.41) is 11.2. The van der Waals surface area contributed by atoms with Crippen LogP contribution in [-0.2, 0) is 0 Å². The van der Waals surface area contributed by atoms with Crippen LogP contribution in [-0.4, -0.2) is 5.11 Å². The maximum Gasteiger partial charge on any atom is 0.129 e. The van der Waals surface area contributed by atoms with Crippen LogP contribution in [0.5, 0.6) is 0 Å². The van der Waals surface area contributed by atoms with Crippen molar-refractivity contribution < 1.29 is 13.9 Å². The first kappa shape index (κ1) is 13.7. The van der Waals surface area contributed by atoms with Gasteiger partial charge in [0.05, 0.1) is 0 Å². The number of halogens is 3. The smallest absolute Gasteiger partial charge is 0.129 e. The molecule has 1 heterocycles. The van der Waals surface area contributed by atoms with Gasteiger partial charge in [-0.3, -0.25) is 0 Å². The number of benzene rings is 2. The van der Waals surface area contributed by atoms with Gasteiger partial charge in [0.1, 0.15) is 17.7 Å². The fourth-order valence-electron chi connectivity index (χ4n) is 2.04. The van der Waals surface area contributed by atoms with Gasteiger partial charge in [-0.05, 0) is 41.8 Å². The third kappa shape index (κ3) is 2.49. The average molecular weight is 355 g/mol. The van der Waals surface area contributed by atoms with Crippen molar-refractivity contribution >= 4 is 37.4 Å². The second-order valence-corrected chi connectivity index (χ2v) is 6.43. The molecule has 1 N–H and O–H groups in total. The number of hydrogen-bond acceptors (Lipinski definition) is 2. The van der Waals surface area contributed by atoms with E-state index in [0.717, 1.165) is 10.1 Å². The van der Waals surface area contributed by atoms with E-state index >= 15 is 0 Å². The Labute approximate surface area is 126 Å². The highest BCUT2D eigenvalue weighted by atomic mass is 79.9. The van der Waals surface area contributed by atoms with Gasteiger partial charge in [-0.2, -0.15) is 0 Å². The van der Waals surface area contributed by atoms with Crippen LogP contribution in [0.3, 0.4) is 0 Å². The summed E-state index contributed by atoms with van der Waals surface area (Å²) in [5.41, 5.74) is 0.200. The van der Waals surface area contributed by atoms with Gasteiger partial charge in [0.25, 0.3) is 0 Å². The first-order valence-electron chi connectivity index (χ1n) is 5.86. The molecule has 0 amide bonds. The highest BCUT2D eigenvalue weighted by Gasteiger charge is 2.18. The highest BCUT2D eigenvalue weighted by molar-refractivity contribution is 9.10. The Kier molecular flexibility index (Phi) is 3.58. The van der Waals surface area contributed by atoms with Crippen LogP contribution in [0.4, 0.5) is 8.78 Å². The standard InChI is InChI=1S/C15H9BrF2OS/c16-9-2-4-12(18)11(6-9)15(19)14-5-8-1-3-10(17)7-13(8)20-14/h1-7,15,19H. The molecular weight excluding hydrogens is 346 g/mol. The summed E-state index contributed by atoms with van der Waals surface area (Å²) in [6.07, 6.45) is -1.06. The average Bonchev–Trinajstić information content (AvgIpc) is 2.83. The summed E-state index contributed by atoms with van der Waals surface area (Å²) >= 11 is 4.51. The molecule has 0 aliphatic carbocycles. The zero-order valence-corrected chi connectivity index (χ0v) is 12.5. The van der Waals surface area contributed by atoms with Crippen molar-refractivity contribution in [3.63, 3.8) is 0 Å². The Balaban J connectivity index is 2.07. The minimum absolute atomic E-state index is 0.200. The van der Waals surface area contributed by atoms with E-state index in [1.165, 1.54) is 29.5 Å². The fourth-order valence-corrected chi connectivity index (χ4v) is 3.51. The molecule has 0 saturated heterocycles. The lowest BCUT2D eigenvalue weighted by Gasteiger charge is -2.10. The van der Waals surface area contributed by atoms with E-state index in [-0.39, 0.29) is 11.4 Å². The predicted molar refractivity (Wildman–Crippen MR) is 79.9 cm³/mol. The largest absolute Gasteiger partial charge is 0.383 e. The van der Waals surface area contributed by atoms with E-state index in [2.05, 4.69) is 15.9 Å². The summed E-state index contributed by atoms with van der Waals surface area (Å²) in [4.78, 5) is 0.586. The predicted octanol–water partition coefficient (Wildman–Crippen LogP) is 5.02. The monoisotopic (exact) mass is 354 g/mol. The van der Waals surface area contributed by atoms with Gasteiger partial charge < -0.3 is 5.11 Å². The van der Waals surface area contributed by atoms with E-state index in [1.807, 2.05) is 0 Å². The van der Waals surface area contributed by atoms with Crippen molar-refractivity contribution in [2.75, 3.05) is 0 Å². The number of thiophene rings is 1. The normalized spacial score (nSPS) is 12.8. The van der Waals surface area contributed by atoms with Crippen LogP contribution >= 0.6 is 27.3 Å². The zero-order chi connectivity index (χ0) is 14.3. The van der Waals surface area contributed by atoms with Crippen LogP contribution in [0, 0.1) is 11.6 Å². The molecule has 5 heteroatoms. The molecule has 0 fully saturated rings. The second kappa shape index (κ2) is 5.24. The molecule has 0 radical (unpaired) electrons. The number of aliphatic hydroxyl groups is 1. The molecule has 1 nitrogen and oxygen atoms in total. The molecule has 1 unspecified atom stereocenters. The van der Waals surface area contributed by atoms with E-state index in [0.29, 0.717) is 9.35 Å². The summed E-state index contributed by atoms with van der Waals surface area (Å²) < 4.78 is 28.4.